The fourth-order valence-electron chi connectivity index (χ4n) is 1.85. The Morgan fingerprint density at radius 3 is 2.71 bits per heavy atom. The van der Waals surface area contributed by atoms with Crippen LogP contribution >= 0.6 is 23.4 Å². The Balaban J connectivity index is 2.00. The van der Waals surface area contributed by atoms with E-state index in [0.717, 1.165) is 21.9 Å². The lowest BCUT2D eigenvalue weighted by Crippen LogP contribution is -1.93. The van der Waals surface area contributed by atoms with Gasteiger partial charge < -0.3 is 5.73 Å². The summed E-state index contributed by atoms with van der Waals surface area (Å²) >= 11 is 7.80. The van der Waals surface area contributed by atoms with Crippen molar-refractivity contribution in [2.45, 2.75) is 11.5 Å². The summed E-state index contributed by atoms with van der Waals surface area (Å²) in [6, 6.07) is 12.6. The first-order chi connectivity index (χ1) is 10.2. The topological polar surface area (TPSA) is 26.0 Å². The minimum absolute atomic E-state index is 0.271. The van der Waals surface area contributed by atoms with Crippen molar-refractivity contribution in [2.24, 2.45) is 5.73 Å². The van der Waals surface area contributed by atoms with Crippen molar-refractivity contribution in [3.63, 3.8) is 0 Å². The molecule has 108 valence electrons. The molecule has 4 heteroatoms. The maximum atomic E-state index is 13.5. The van der Waals surface area contributed by atoms with E-state index >= 15 is 0 Å². The summed E-state index contributed by atoms with van der Waals surface area (Å²) in [5, 5.41) is 0.763. The van der Waals surface area contributed by atoms with Crippen molar-refractivity contribution < 1.29 is 4.39 Å². The summed E-state index contributed by atoms with van der Waals surface area (Å²) in [6.07, 6.45) is 0. The van der Waals surface area contributed by atoms with Gasteiger partial charge in [-0.15, -0.1) is 0 Å². The molecular formula is C17H15ClFNS. The summed E-state index contributed by atoms with van der Waals surface area (Å²) in [7, 11) is 0. The Kier molecular flexibility index (Phi) is 6.13. The van der Waals surface area contributed by atoms with Gasteiger partial charge in [-0.1, -0.05) is 41.6 Å². The number of nitrogens with two attached hydrogens (primary N) is 1. The number of hydrogen-bond donors (Lipinski definition) is 1. The molecule has 2 rings (SSSR count). The van der Waals surface area contributed by atoms with Crippen LogP contribution in [0.3, 0.4) is 0 Å². The Labute approximate surface area is 133 Å². The third-order valence-electron chi connectivity index (χ3n) is 2.78. The maximum absolute atomic E-state index is 13.5. The Morgan fingerprint density at radius 2 is 1.95 bits per heavy atom. The van der Waals surface area contributed by atoms with Crippen molar-refractivity contribution in [2.75, 3.05) is 6.54 Å². The van der Waals surface area contributed by atoms with Gasteiger partial charge in [-0.05, 0) is 35.4 Å². The van der Waals surface area contributed by atoms with Crippen molar-refractivity contribution in [3.05, 3.63) is 70.0 Å². The summed E-state index contributed by atoms with van der Waals surface area (Å²) in [4.78, 5) is 0. The van der Waals surface area contributed by atoms with Gasteiger partial charge in [-0.25, -0.2) is 4.39 Å². The molecule has 2 aromatic carbocycles. The van der Waals surface area contributed by atoms with Gasteiger partial charge >= 0.3 is 0 Å². The van der Waals surface area contributed by atoms with E-state index in [0.29, 0.717) is 11.3 Å². The van der Waals surface area contributed by atoms with Crippen LogP contribution in [-0.2, 0) is 11.5 Å². The van der Waals surface area contributed by atoms with Gasteiger partial charge in [0.2, 0.25) is 0 Å². The first-order valence-electron chi connectivity index (χ1n) is 6.48. The molecule has 0 bridgehead atoms. The molecule has 1 nitrogen and oxygen atoms in total. The van der Waals surface area contributed by atoms with Crippen LogP contribution in [0.4, 0.5) is 4.39 Å². The quantitative estimate of drug-likeness (QED) is 0.854. The number of benzene rings is 2. The first kappa shape index (κ1) is 15.9. The molecule has 0 aliphatic heterocycles. The monoisotopic (exact) mass is 319 g/mol. The molecule has 0 heterocycles. The predicted molar refractivity (Wildman–Crippen MR) is 88.8 cm³/mol. The highest BCUT2D eigenvalue weighted by atomic mass is 35.5. The molecule has 0 aromatic heterocycles. The fraction of sp³-hybridized carbons (Fsp3) is 0.176. The zero-order chi connectivity index (χ0) is 15.1. The SMILES string of the molecule is NCC#Cc1cc(F)cc(CSCc2ccccc2Cl)c1. The van der Waals surface area contributed by atoms with Gasteiger partial charge in [0, 0.05) is 22.1 Å². The van der Waals surface area contributed by atoms with Crippen molar-refractivity contribution in [1.29, 1.82) is 0 Å². The van der Waals surface area contributed by atoms with Crippen LogP contribution in [-0.4, -0.2) is 6.54 Å². The van der Waals surface area contributed by atoms with Crippen LogP contribution in [0.5, 0.6) is 0 Å². The van der Waals surface area contributed by atoms with Gasteiger partial charge in [0.1, 0.15) is 5.82 Å². The van der Waals surface area contributed by atoms with Gasteiger partial charge in [0.25, 0.3) is 0 Å². The fourth-order valence-corrected chi connectivity index (χ4v) is 3.11. The molecular weight excluding hydrogens is 305 g/mol. The molecule has 0 spiro atoms. The third-order valence-corrected chi connectivity index (χ3v) is 4.20. The average Bonchev–Trinajstić information content (AvgIpc) is 2.47. The number of halogens is 2. The zero-order valence-corrected chi connectivity index (χ0v) is 13.0. The Morgan fingerprint density at radius 1 is 1.14 bits per heavy atom. The van der Waals surface area contributed by atoms with Crippen molar-refractivity contribution in [3.8, 4) is 11.8 Å². The molecule has 0 unspecified atom stereocenters. The van der Waals surface area contributed by atoms with E-state index in [9.17, 15) is 4.39 Å². The molecule has 0 saturated heterocycles. The van der Waals surface area contributed by atoms with Crippen LogP contribution in [0.15, 0.2) is 42.5 Å². The lowest BCUT2D eigenvalue weighted by atomic mass is 10.1. The second-order valence-corrected chi connectivity index (χ2v) is 5.83. The van der Waals surface area contributed by atoms with Gasteiger partial charge in [-0.3, -0.25) is 0 Å². The molecule has 0 fully saturated rings. The molecule has 2 aromatic rings. The smallest absolute Gasteiger partial charge is 0.124 e. The highest BCUT2D eigenvalue weighted by Crippen LogP contribution is 2.23. The predicted octanol–water partition coefficient (Wildman–Crippen LogP) is 4.22. The summed E-state index contributed by atoms with van der Waals surface area (Å²) in [5.41, 5.74) is 7.99. The van der Waals surface area contributed by atoms with Crippen LogP contribution in [0.25, 0.3) is 0 Å². The lowest BCUT2D eigenvalue weighted by Gasteiger charge is -2.05. The summed E-state index contributed by atoms with van der Waals surface area (Å²) in [6.45, 7) is 0.271. The van der Waals surface area contributed by atoms with E-state index in [1.165, 1.54) is 12.1 Å². The van der Waals surface area contributed by atoms with Crippen LogP contribution in [0.2, 0.25) is 5.02 Å². The van der Waals surface area contributed by atoms with Crippen LogP contribution in [0.1, 0.15) is 16.7 Å². The average molecular weight is 320 g/mol. The van der Waals surface area contributed by atoms with Crippen LogP contribution in [0, 0.1) is 17.7 Å². The molecule has 0 aliphatic carbocycles. The first-order valence-corrected chi connectivity index (χ1v) is 8.02. The van der Waals surface area contributed by atoms with Crippen molar-refractivity contribution >= 4 is 23.4 Å². The number of rotatable bonds is 4. The van der Waals surface area contributed by atoms with Crippen molar-refractivity contribution in [1.82, 2.24) is 0 Å². The number of hydrogen-bond acceptors (Lipinski definition) is 2. The molecule has 21 heavy (non-hydrogen) atoms. The minimum Gasteiger partial charge on any atom is -0.320 e. The highest BCUT2D eigenvalue weighted by Gasteiger charge is 2.02. The van der Waals surface area contributed by atoms with E-state index in [2.05, 4.69) is 11.8 Å². The Hall–Kier alpha value is -1.47. The standard InChI is InChI=1S/C17H15ClFNS/c18-17-6-2-1-5-15(17)12-21-11-14-8-13(4-3-7-20)9-16(19)10-14/h1-2,5-6,8-10H,7,11-12,20H2. The van der Waals surface area contributed by atoms with Crippen LogP contribution < -0.4 is 5.73 Å². The third kappa shape index (κ3) is 5.09. The maximum Gasteiger partial charge on any atom is 0.124 e. The van der Waals surface area contributed by atoms with Gasteiger partial charge in [0.05, 0.1) is 6.54 Å². The lowest BCUT2D eigenvalue weighted by molar-refractivity contribution is 0.626. The number of thioether (sulfide) groups is 1. The molecule has 0 aliphatic rings. The molecule has 0 radical (unpaired) electrons. The summed E-state index contributed by atoms with van der Waals surface area (Å²) < 4.78 is 13.5. The minimum atomic E-state index is -0.271. The highest BCUT2D eigenvalue weighted by molar-refractivity contribution is 7.97. The van der Waals surface area contributed by atoms with Gasteiger partial charge in [-0.2, -0.15) is 11.8 Å². The normalized spacial score (nSPS) is 10.0. The van der Waals surface area contributed by atoms with E-state index in [1.54, 1.807) is 11.8 Å². The van der Waals surface area contributed by atoms with E-state index in [1.807, 2.05) is 30.3 Å². The molecule has 0 amide bonds. The molecule has 2 N–H and O–H groups in total. The van der Waals surface area contributed by atoms with E-state index < -0.39 is 0 Å². The summed E-state index contributed by atoms with van der Waals surface area (Å²) in [5.74, 6) is 6.82. The molecule has 0 atom stereocenters. The Bertz CT molecular complexity index is 676. The van der Waals surface area contributed by atoms with E-state index in [4.69, 9.17) is 17.3 Å². The second-order valence-electron chi connectivity index (χ2n) is 4.44. The van der Waals surface area contributed by atoms with Gasteiger partial charge in [0.15, 0.2) is 0 Å². The second kappa shape index (κ2) is 8.09. The zero-order valence-electron chi connectivity index (χ0n) is 11.4. The largest absolute Gasteiger partial charge is 0.320 e. The molecule has 0 saturated carbocycles. The van der Waals surface area contributed by atoms with E-state index in [-0.39, 0.29) is 12.4 Å².